The van der Waals surface area contributed by atoms with Gasteiger partial charge >= 0.3 is 0 Å². The van der Waals surface area contributed by atoms with Gasteiger partial charge in [-0.2, -0.15) is 0 Å². The molecule has 5 heteroatoms. The van der Waals surface area contributed by atoms with E-state index in [2.05, 4.69) is 9.80 Å². The molecule has 2 fully saturated rings. The van der Waals surface area contributed by atoms with Crippen LogP contribution in [0.15, 0.2) is 24.3 Å². The van der Waals surface area contributed by atoms with E-state index in [1.165, 1.54) is 12.1 Å². The summed E-state index contributed by atoms with van der Waals surface area (Å²) in [7, 11) is 0. The molecule has 1 heterocycles. The van der Waals surface area contributed by atoms with Gasteiger partial charge in [-0.05, 0) is 56.0 Å². The van der Waals surface area contributed by atoms with Gasteiger partial charge in [-0.25, -0.2) is 4.39 Å². The van der Waals surface area contributed by atoms with Crippen LogP contribution in [0.3, 0.4) is 0 Å². The molecule has 0 spiro atoms. The Bertz CT molecular complexity index is 554. The van der Waals surface area contributed by atoms with Crippen LogP contribution < -0.4 is 5.73 Å². The molecule has 1 amide bonds. The molecule has 2 unspecified atom stereocenters. The van der Waals surface area contributed by atoms with Gasteiger partial charge in [0.25, 0.3) is 0 Å². The van der Waals surface area contributed by atoms with E-state index in [4.69, 9.17) is 5.73 Å². The third kappa shape index (κ3) is 4.14. The number of nitrogens with two attached hydrogens (primary N) is 1. The lowest BCUT2D eigenvalue weighted by molar-refractivity contribution is -0.130. The van der Waals surface area contributed by atoms with Crippen molar-refractivity contribution >= 4 is 5.91 Å². The Labute approximate surface area is 143 Å². The Kier molecular flexibility index (Phi) is 5.51. The maximum Gasteiger partial charge on any atom is 0.219 e. The third-order valence-electron chi connectivity index (χ3n) is 5.47. The maximum atomic E-state index is 13.1. The first-order chi connectivity index (χ1) is 11.6. The number of hydrogen-bond acceptors (Lipinski definition) is 3. The molecule has 0 bridgehead atoms. The van der Waals surface area contributed by atoms with E-state index in [0.717, 1.165) is 51.0 Å². The summed E-state index contributed by atoms with van der Waals surface area (Å²) in [5.41, 5.74) is 6.77. The number of nitrogens with zero attached hydrogens (tertiary/aromatic N) is 2. The summed E-state index contributed by atoms with van der Waals surface area (Å²) in [4.78, 5) is 16.6. The summed E-state index contributed by atoms with van der Waals surface area (Å²) in [6.07, 6.45) is 3.27. The third-order valence-corrected chi connectivity index (χ3v) is 5.47. The van der Waals surface area contributed by atoms with E-state index in [-0.39, 0.29) is 17.8 Å². The van der Waals surface area contributed by atoms with Crippen molar-refractivity contribution in [1.29, 1.82) is 0 Å². The minimum atomic E-state index is -0.205. The predicted octanol–water partition coefficient (Wildman–Crippen LogP) is 2.20. The number of halogens is 1. The van der Waals surface area contributed by atoms with Crippen molar-refractivity contribution in [3.8, 4) is 0 Å². The van der Waals surface area contributed by atoms with Crippen molar-refractivity contribution in [1.82, 2.24) is 9.80 Å². The maximum absolute atomic E-state index is 13.1. The molecule has 2 aliphatic rings. The lowest BCUT2D eigenvalue weighted by Gasteiger charge is -2.34. The van der Waals surface area contributed by atoms with Crippen LogP contribution >= 0.6 is 0 Å². The molecule has 1 aliphatic carbocycles. The molecule has 4 nitrogen and oxygen atoms in total. The van der Waals surface area contributed by atoms with E-state index in [1.54, 1.807) is 6.92 Å². The number of carbonyl (C=O) groups is 1. The largest absolute Gasteiger partial charge is 0.339 e. The number of rotatable bonds is 6. The Balaban J connectivity index is 1.55. The monoisotopic (exact) mass is 333 g/mol. The van der Waals surface area contributed by atoms with Crippen LogP contribution in [0.1, 0.15) is 37.7 Å². The van der Waals surface area contributed by atoms with Crippen LogP contribution in [0.5, 0.6) is 0 Å². The zero-order valence-electron chi connectivity index (χ0n) is 14.5. The van der Waals surface area contributed by atoms with Gasteiger partial charge in [0.1, 0.15) is 5.82 Å². The summed E-state index contributed by atoms with van der Waals surface area (Å²) in [6, 6.07) is 7.01. The fourth-order valence-corrected chi connectivity index (χ4v) is 3.95. The van der Waals surface area contributed by atoms with Gasteiger partial charge in [0.2, 0.25) is 5.91 Å². The van der Waals surface area contributed by atoms with Crippen molar-refractivity contribution < 1.29 is 9.18 Å². The first-order valence-corrected chi connectivity index (χ1v) is 9.03. The second-order valence-electron chi connectivity index (χ2n) is 7.21. The van der Waals surface area contributed by atoms with Gasteiger partial charge < -0.3 is 15.5 Å². The quantitative estimate of drug-likeness (QED) is 0.868. The number of piperidine rings is 1. The molecule has 1 saturated carbocycles. The number of benzene rings is 1. The van der Waals surface area contributed by atoms with Crippen molar-refractivity contribution in [3.05, 3.63) is 35.6 Å². The minimum Gasteiger partial charge on any atom is -0.339 e. The molecule has 24 heavy (non-hydrogen) atoms. The summed E-state index contributed by atoms with van der Waals surface area (Å²) in [6.45, 7) is 6.38. The smallest absolute Gasteiger partial charge is 0.219 e. The zero-order valence-corrected chi connectivity index (χ0v) is 14.5. The van der Waals surface area contributed by atoms with Crippen LogP contribution in [-0.2, 0) is 4.79 Å². The second-order valence-corrected chi connectivity index (χ2v) is 7.21. The standard InChI is InChI=1S/C19H28FN3O/c1-14(24)23(13-15-6-9-22(10-7-15)11-8-21)19-12-18(19)16-2-4-17(20)5-3-16/h2-5,15,18-19H,6-13,21H2,1H3. The molecule has 3 rings (SSSR count). The predicted molar refractivity (Wildman–Crippen MR) is 93.2 cm³/mol. The van der Waals surface area contributed by atoms with Gasteiger partial charge in [-0.1, -0.05) is 12.1 Å². The number of hydrogen-bond donors (Lipinski definition) is 1. The Morgan fingerprint density at radius 3 is 2.54 bits per heavy atom. The normalized spacial score (nSPS) is 24.8. The van der Waals surface area contributed by atoms with Crippen LogP contribution in [-0.4, -0.2) is 54.5 Å². The van der Waals surface area contributed by atoms with Gasteiger partial charge in [0, 0.05) is 38.5 Å². The van der Waals surface area contributed by atoms with Crippen LogP contribution in [0, 0.1) is 11.7 Å². The fraction of sp³-hybridized carbons (Fsp3) is 0.632. The van der Waals surface area contributed by atoms with Crippen molar-refractivity contribution in [2.75, 3.05) is 32.7 Å². The van der Waals surface area contributed by atoms with Gasteiger partial charge in [0.15, 0.2) is 0 Å². The number of carbonyl (C=O) groups excluding carboxylic acids is 1. The fourth-order valence-electron chi connectivity index (χ4n) is 3.95. The van der Waals surface area contributed by atoms with E-state index >= 15 is 0 Å². The highest BCUT2D eigenvalue weighted by atomic mass is 19.1. The lowest BCUT2D eigenvalue weighted by atomic mass is 9.96. The molecule has 2 atom stereocenters. The molecule has 2 N–H and O–H groups in total. The summed E-state index contributed by atoms with van der Waals surface area (Å²) in [5, 5.41) is 0. The van der Waals surface area contributed by atoms with Crippen LogP contribution in [0.4, 0.5) is 4.39 Å². The van der Waals surface area contributed by atoms with E-state index in [0.29, 0.717) is 18.4 Å². The van der Waals surface area contributed by atoms with E-state index in [9.17, 15) is 9.18 Å². The van der Waals surface area contributed by atoms with Crippen LogP contribution in [0.2, 0.25) is 0 Å². The van der Waals surface area contributed by atoms with Gasteiger partial charge in [-0.3, -0.25) is 4.79 Å². The van der Waals surface area contributed by atoms with Crippen molar-refractivity contribution in [3.63, 3.8) is 0 Å². The average Bonchev–Trinajstić information content (AvgIpc) is 3.35. The average molecular weight is 333 g/mol. The molecule has 1 aromatic carbocycles. The molecule has 1 aromatic rings. The summed E-state index contributed by atoms with van der Waals surface area (Å²) in [5.74, 6) is 0.904. The van der Waals surface area contributed by atoms with Crippen molar-refractivity contribution in [2.24, 2.45) is 11.7 Å². The Morgan fingerprint density at radius 1 is 1.29 bits per heavy atom. The van der Waals surface area contributed by atoms with Crippen LogP contribution in [0.25, 0.3) is 0 Å². The highest BCUT2D eigenvalue weighted by molar-refractivity contribution is 5.74. The lowest BCUT2D eigenvalue weighted by Crippen LogP contribution is -2.42. The molecule has 1 saturated heterocycles. The molecular formula is C19H28FN3O. The summed E-state index contributed by atoms with van der Waals surface area (Å²) >= 11 is 0. The van der Waals surface area contributed by atoms with E-state index < -0.39 is 0 Å². The second kappa shape index (κ2) is 7.62. The summed E-state index contributed by atoms with van der Waals surface area (Å²) < 4.78 is 13.1. The zero-order chi connectivity index (χ0) is 17.1. The van der Waals surface area contributed by atoms with Gasteiger partial charge in [0.05, 0.1) is 0 Å². The van der Waals surface area contributed by atoms with E-state index in [1.807, 2.05) is 12.1 Å². The topological polar surface area (TPSA) is 49.6 Å². The minimum absolute atomic E-state index is 0.161. The molecule has 0 aromatic heterocycles. The Morgan fingerprint density at radius 2 is 1.96 bits per heavy atom. The highest BCUT2D eigenvalue weighted by Gasteiger charge is 2.44. The Hall–Kier alpha value is -1.46. The number of likely N-dealkylation sites (tertiary alicyclic amines) is 1. The molecule has 132 valence electrons. The highest BCUT2D eigenvalue weighted by Crippen LogP contribution is 2.45. The van der Waals surface area contributed by atoms with Gasteiger partial charge in [-0.15, -0.1) is 0 Å². The van der Waals surface area contributed by atoms with Crippen molar-refractivity contribution in [2.45, 2.75) is 38.1 Å². The molecule has 1 aliphatic heterocycles. The SMILES string of the molecule is CC(=O)N(CC1CCN(CCN)CC1)C1CC1c1ccc(F)cc1. The number of amides is 1. The molecule has 0 radical (unpaired) electrons. The first-order valence-electron chi connectivity index (χ1n) is 9.03. The first kappa shape index (κ1) is 17.4. The molecular weight excluding hydrogens is 305 g/mol.